The molecule has 0 N–H and O–H groups in total. The van der Waals surface area contributed by atoms with E-state index in [0.717, 1.165) is 56.3 Å². The second kappa shape index (κ2) is 13.9. The monoisotopic (exact) mass is 448 g/mol. The Balaban J connectivity index is 1.44. The Morgan fingerprint density at radius 3 is 2.27 bits per heavy atom. The molecule has 0 atom stereocenters. The second-order valence-electron chi connectivity index (χ2n) is 9.30. The first-order valence-electron chi connectivity index (χ1n) is 13.0. The third kappa shape index (κ3) is 8.42. The van der Waals surface area contributed by atoms with Crippen molar-refractivity contribution in [2.75, 3.05) is 0 Å². The van der Waals surface area contributed by atoms with Gasteiger partial charge in [-0.2, -0.15) is 0 Å². The molecule has 1 saturated carbocycles. The third-order valence-electron chi connectivity index (χ3n) is 6.60. The number of unbranched alkanes of at least 4 members (excludes halogenated alkanes) is 5. The lowest BCUT2D eigenvalue weighted by atomic mass is 9.82. The fourth-order valence-electron chi connectivity index (χ4n) is 4.53. The van der Waals surface area contributed by atoms with E-state index in [-0.39, 0.29) is 12.1 Å². The molecule has 4 nitrogen and oxygen atoms in total. The summed E-state index contributed by atoms with van der Waals surface area (Å²) in [6.07, 6.45) is 20.8. The molecule has 0 spiro atoms. The SMILES string of the molecule is CCCCCC=CC(=O)OC1CCC(c2ccc(-c3ncc(CCCCC)cn3)cc2)CC1. The summed E-state index contributed by atoms with van der Waals surface area (Å²) in [6, 6.07) is 8.70. The molecule has 1 heterocycles. The number of carbonyl (C=O) groups is 1. The zero-order valence-corrected chi connectivity index (χ0v) is 20.5. The summed E-state index contributed by atoms with van der Waals surface area (Å²) in [4.78, 5) is 21.2. The van der Waals surface area contributed by atoms with E-state index in [1.54, 1.807) is 6.08 Å². The lowest BCUT2D eigenvalue weighted by Crippen LogP contribution is -2.23. The third-order valence-corrected chi connectivity index (χ3v) is 6.60. The van der Waals surface area contributed by atoms with Crippen LogP contribution >= 0.6 is 0 Å². The molecule has 1 fully saturated rings. The van der Waals surface area contributed by atoms with Gasteiger partial charge in [-0.1, -0.05) is 69.9 Å². The number of aromatic nitrogens is 2. The van der Waals surface area contributed by atoms with Gasteiger partial charge in [-0.05, 0) is 68.4 Å². The molecule has 178 valence electrons. The van der Waals surface area contributed by atoms with Crippen LogP contribution in [0.15, 0.2) is 48.8 Å². The van der Waals surface area contributed by atoms with Crippen molar-refractivity contribution in [3.8, 4) is 11.4 Å². The van der Waals surface area contributed by atoms with Crippen molar-refractivity contribution in [1.29, 1.82) is 0 Å². The van der Waals surface area contributed by atoms with Crippen molar-refractivity contribution in [3.63, 3.8) is 0 Å². The minimum Gasteiger partial charge on any atom is -0.459 e. The molecular weight excluding hydrogens is 408 g/mol. The van der Waals surface area contributed by atoms with Gasteiger partial charge < -0.3 is 4.74 Å². The molecule has 33 heavy (non-hydrogen) atoms. The highest BCUT2D eigenvalue weighted by Crippen LogP contribution is 2.34. The first kappa shape index (κ1) is 25.1. The molecule has 0 radical (unpaired) electrons. The largest absolute Gasteiger partial charge is 0.459 e. The average molecular weight is 449 g/mol. The Kier molecular flexibility index (Phi) is 10.6. The highest BCUT2D eigenvalue weighted by molar-refractivity contribution is 5.82. The number of benzene rings is 1. The van der Waals surface area contributed by atoms with Crippen LogP contribution in [0.25, 0.3) is 11.4 Å². The Morgan fingerprint density at radius 1 is 0.939 bits per heavy atom. The van der Waals surface area contributed by atoms with Crippen molar-refractivity contribution in [3.05, 3.63) is 59.9 Å². The number of carbonyl (C=O) groups excluding carboxylic acids is 1. The summed E-state index contributed by atoms with van der Waals surface area (Å²) in [5, 5.41) is 0. The maximum atomic E-state index is 12.0. The zero-order valence-electron chi connectivity index (χ0n) is 20.5. The molecule has 0 amide bonds. The van der Waals surface area contributed by atoms with Gasteiger partial charge in [-0.15, -0.1) is 0 Å². The Labute approximate surface area is 199 Å². The smallest absolute Gasteiger partial charge is 0.330 e. The number of allylic oxidation sites excluding steroid dienone is 1. The summed E-state index contributed by atoms with van der Waals surface area (Å²) in [7, 11) is 0. The average Bonchev–Trinajstić information content (AvgIpc) is 2.85. The molecule has 1 aromatic carbocycles. The van der Waals surface area contributed by atoms with E-state index in [2.05, 4.69) is 48.1 Å². The van der Waals surface area contributed by atoms with Gasteiger partial charge in [0.25, 0.3) is 0 Å². The lowest BCUT2D eigenvalue weighted by molar-refractivity contribution is -0.144. The van der Waals surface area contributed by atoms with Crippen LogP contribution in [-0.2, 0) is 16.0 Å². The summed E-state index contributed by atoms with van der Waals surface area (Å²) in [5.41, 5.74) is 3.64. The number of esters is 1. The van der Waals surface area contributed by atoms with Crippen LogP contribution in [0, 0.1) is 0 Å². The van der Waals surface area contributed by atoms with Gasteiger partial charge >= 0.3 is 5.97 Å². The number of nitrogens with zero attached hydrogens (tertiary/aromatic N) is 2. The predicted molar refractivity (Wildman–Crippen MR) is 135 cm³/mol. The van der Waals surface area contributed by atoms with E-state index in [1.807, 2.05) is 18.5 Å². The Bertz CT molecular complexity index is 850. The van der Waals surface area contributed by atoms with E-state index >= 15 is 0 Å². The van der Waals surface area contributed by atoms with Gasteiger partial charge in [0.15, 0.2) is 5.82 Å². The molecule has 2 aromatic rings. The van der Waals surface area contributed by atoms with Crippen molar-refractivity contribution in [2.45, 2.75) is 103 Å². The maximum absolute atomic E-state index is 12.0. The molecule has 1 aromatic heterocycles. The molecule has 0 unspecified atom stereocenters. The standard InChI is InChI=1S/C29H40N2O2/c1-3-5-7-8-10-12-28(32)33-27-19-17-25(18-20-27)24-13-15-26(16-14-24)29-30-21-23(22-31-29)11-9-6-4-2/h10,12-16,21-22,25,27H,3-9,11,17-20H2,1-2H3. The van der Waals surface area contributed by atoms with Gasteiger partial charge in [0.2, 0.25) is 0 Å². The van der Waals surface area contributed by atoms with E-state index in [0.29, 0.717) is 5.92 Å². The van der Waals surface area contributed by atoms with Crippen molar-refractivity contribution in [2.24, 2.45) is 0 Å². The van der Waals surface area contributed by atoms with Crippen LogP contribution in [0.2, 0.25) is 0 Å². The number of ether oxygens (including phenoxy) is 1. The van der Waals surface area contributed by atoms with Gasteiger partial charge in [-0.25, -0.2) is 14.8 Å². The van der Waals surface area contributed by atoms with Crippen LogP contribution in [0.5, 0.6) is 0 Å². The predicted octanol–water partition coefficient (Wildman–Crippen LogP) is 7.58. The second-order valence-corrected chi connectivity index (χ2v) is 9.30. The van der Waals surface area contributed by atoms with E-state index in [9.17, 15) is 4.79 Å². The maximum Gasteiger partial charge on any atom is 0.330 e. The quantitative estimate of drug-likeness (QED) is 0.191. The minimum atomic E-state index is -0.185. The molecule has 0 saturated heterocycles. The van der Waals surface area contributed by atoms with Crippen LogP contribution in [0.1, 0.15) is 102 Å². The highest BCUT2D eigenvalue weighted by Gasteiger charge is 2.24. The van der Waals surface area contributed by atoms with Gasteiger partial charge in [0, 0.05) is 24.0 Å². The van der Waals surface area contributed by atoms with Crippen molar-refractivity contribution >= 4 is 5.97 Å². The van der Waals surface area contributed by atoms with Crippen LogP contribution in [-0.4, -0.2) is 22.0 Å². The van der Waals surface area contributed by atoms with Gasteiger partial charge in [-0.3, -0.25) is 0 Å². The normalized spacial score (nSPS) is 18.5. The summed E-state index contributed by atoms with van der Waals surface area (Å²) >= 11 is 0. The summed E-state index contributed by atoms with van der Waals surface area (Å²) < 4.78 is 5.66. The molecule has 1 aliphatic carbocycles. The number of rotatable bonds is 12. The highest BCUT2D eigenvalue weighted by atomic mass is 16.5. The molecule has 4 heteroatoms. The number of hydrogen-bond acceptors (Lipinski definition) is 4. The number of aryl methyl sites for hydroxylation is 1. The Hall–Kier alpha value is -2.49. The van der Waals surface area contributed by atoms with Crippen LogP contribution in [0.3, 0.4) is 0 Å². The fourth-order valence-corrected chi connectivity index (χ4v) is 4.53. The van der Waals surface area contributed by atoms with E-state index < -0.39 is 0 Å². The molecular formula is C29H40N2O2. The van der Waals surface area contributed by atoms with Gasteiger partial charge in [0.1, 0.15) is 6.10 Å². The van der Waals surface area contributed by atoms with Crippen molar-refractivity contribution < 1.29 is 9.53 Å². The summed E-state index contributed by atoms with van der Waals surface area (Å²) in [5.74, 6) is 1.13. The van der Waals surface area contributed by atoms with E-state index in [4.69, 9.17) is 4.74 Å². The zero-order chi connectivity index (χ0) is 23.3. The van der Waals surface area contributed by atoms with Gasteiger partial charge in [0.05, 0.1) is 0 Å². The number of hydrogen-bond donors (Lipinski definition) is 0. The van der Waals surface area contributed by atoms with Crippen molar-refractivity contribution in [1.82, 2.24) is 9.97 Å². The molecule has 3 rings (SSSR count). The first-order valence-corrected chi connectivity index (χ1v) is 13.0. The summed E-state index contributed by atoms with van der Waals surface area (Å²) in [6.45, 7) is 4.41. The van der Waals surface area contributed by atoms with E-state index in [1.165, 1.54) is 43.2 Å². The topological polar surface area (TPSA) is 52.1 Å². The fraction of sp³-hybridized carbons (Fsp3) is 0.552. The van der Waals surface area contributed by atoms with Crippen LogP contribution in [0.4, 0.5) is 0 Å². The first-order chi connectivity index (χ1) is 16.2. The Morgan fingerprint density at radius 2 is 1.61 bits per heavy atom. The van der Waals surface area contributed by atoms with Crippen LogP contribution < -0.4 is 0 Å². The molecule has 0 bridgehead atoms. The minimum absolute atomic E-state index is 0.0533. The lowest BCUT2D eigenvalue weighted by Gasteiger charge is -2.28. The molecule has 1 aliphatic rings. The molecule has 0 aliphatic heterocycles.